The van der Waals surface area contributed by atoms with Gasteiger partial charge in [0.15, 0.2) is 5.17 Å². The Labute approximate surface area is 192 Å². The van der Waals surface area contributed by atoms with E-state index in [1.807, 2.05) is 6.92 Å². The molecule has 0 bridgehead atoms. The average molecular weight is 463 g/mol. The quantitative estimate of drug-likeness (QED) is 0.303. The summed E-state index contributed by atoms with van der Waals surface area (Å²) in [5.41, 5.74) is 1.04. The Morgan fingerprint density at radius 2 is 2.00 bits per heavy atom. The molecule has 1 aromatic heterocycles. The van der Waals surface area contributed by atoms with Crippen molar-refractivity contribution in [3.05, 3.63) is 87.0 Å². The number of aromatic carboxylic acids is 1. The number of hydrogen-bond donors (Lipinski definition) is 1. The maximum absolute atomic E-state index is 12.9. The molecule has 10 heteroatoms. The molecule has 2 heterocycles. The van der Waals surface area contributed by atoms with Crippen molar-refractivity contribution in [3.63, 3.8) is 0 Å². The molecular weight excluding hydrogens is 446 g/mol. The second-order valence-corrected chi connectivity index (χ2v) is 7.93. The third-order valence-corrected chi connectivity index (χ3v) is 5.77. The number of nitro groups is 1. The summed E-state index contributed by atoms with van der Waals surface area (Å²) in [5, 5.41) is 20.6. The highest BCUT2D eigenvalue weighted by Crippen LogP contribution is 2.35. The van der Waals surface area contributed by atoms with Crippen LogP contribution in [0.3, 0.4) is 0 Å². The second kappa shape index (κ2) is 9.13. The van der Waals surface area contributed by atoms with Gasteiger partial charge in [-0.25, -0.2) is 9.79 Å². The number of amides is 1. The Kier molecular flexibility index (Phi) is 6.09. The summed E-state index contributed by atoms with van der Waals surface area (Å²) in [7, 11) is 0. The van der Waals surface area contributed by atoms with Crippen molar-refractivity contribution in [2.45, 2.75) is 6.92 Å². The van der Waals surface area contributed by atoms with Crippen LogP contribution < -0.4 is 0 Å². The van der Waals surface area contributed by atoms with Crippen LogP contribution in [0.1, 0.15) is 23.0 Å². The Morgan fingerprint density at radius 3 is 2.73 bits per heavy atom. The number of nitrogens with zero attached hydrogens (tertiary/aromatic N) is 3. The van der Waals surface area contributed by atoms with Crippen LogP contribution in [-0.2, 0) is 4.79 Å². The number of amidine groups is 1. The third kappa shape index (κ3) is 4.70. The SMILES string of the molecule is CCN1C(=O)/C(=C\c2ccc(-c3cccc([N+](=O)[O-])c3)o2)SC1=Nc1cccc(C(=O)O)c1. The lowest BCUT2D eigenvalue weighted by Crippen LogP contribution is -2.28. The van der Waals surface area contributed by atoms with E-state index in [9.17, 15) is 24.8 Å². The summed E-state index contributed by atoms with van der Waals surface area (Å²) in [6, 6.07) is 15.6. The van der Waals surface area contributed by atoms with E-state index in [-0.39, 0.29) is 17.2 Å². The van der Waals surface area contributed by atoms with Crippen LogP contribution in [0.2, 0.25) is 0 Å². The second-order valence-electron chi connectivity index (χ2n) is 6.92. The molecule has 1 amide bonds. The molecule has 0 atom stereocenters. The molecule has 166 valence electrons. The minimum absolute atomic E-state index is 0.0447. The molecule has 0 unspecified atom stereocenters. The maximum Gasteiger partial charge on any atom is 0.335 e. The van der Waals surface area contributed by atoms with Crippen molar-refractivity contribution in [3.8, 4) is 11.3 Å². The molecule has 0 saturated carbocycles. The van der Waals surface area contributed by atoms with E-state index in [4.69, 9.17) is 4.42 Å². The van der Waals surface area contributed by atoms with Crippen LogP contribution in [0, 0.1) is 10.1 Å². The van der Waals surface area contributed by atoms with Crippen LogP contribution in [0.5, 0.6) is 0 Å². The van der Waals surface area contributed by atoms with Gasteiger partial charge in [0.2, 0.25) is 0 Å². The van der Waals surface area contributed by atoms with Crippen molar-refractivity contribution < 1.29 is 24.0 Å². The highest BCUT2D eigenvalue weighted by molar-refractivity contribution is 8.18. The molecule has 3 aromatic rings. The number of benzene rings is 2. The van der Waals surface area contributed by atoms with E-state index in [1.165, 1.54) is 29.2 Å². The van der Waals surface area contributed by atoms with Crippen molar-refractivity contribution in [1.82, 2.24) is 4.90 Å². The fraction of sp³-hybridized carbons (Fsp3) is 0.0870. The zero-order valence-electron chi connectivity index (χ0n) is 17.3. The number of carbonyl (C=O) groups excluding carboxylic acids is 1. The minimum Gasteiger partial charge on any atom is -0.478 e. The van der Waals surface area contributed by atoms with Crippen molar-refractivity contribution in [1.29, 1.82) is 0 Å². The number of aliphatic imine (C=N–C) groups is 1. The first-order chi connectivity index (χ1) is 15.9. The lowest BCUT2D eigenvalue weighted by atomic mass is 10.1. The normalized spacial score (nSPS) is 16.0. The molecule has 1 aliphatic rings. The van der Waals surface area contributed by atoms with Crippen LogP contribution in [0.4, 0.5) is 11.4 Å². The van der Waals surface area contributed by atoms with Crippen LogP contribution >= 0.6 is 11.8 Å². The smallest absolute Gasteiger partial charge is 0.335 e. The van der Waals surface area contributed by atoms with Gasteiger partial charge in [0, 0.05) is 30.3 Å². The molecule has 1 aliphatic heterocycles. The molecule has 4 rings (SSSR count). The number of rotatable bonds is 6. The summed E-state index contributed by atoms with van der Waals surface area (Å²) in [4.78, 5) is 40.9. The first-order valence-electron chi connectivity index (χ1n) is 9.84. The maximum atomic E-state index is 12.9. The molecule has 2 aromatic carbocycles. The van der Waals surface area contributed by atoms with Gasteiger partial charge in [0.25, 0.3) is 11.6 Å². The Hall–Kier alpha value is -4.18. The van der Waals surface area contributed by atoms with Crippen LogP contribution in [0.25, 0.3) is 17.4 Å². The first kappa shape index (κ1) is 22.0. The average Bonchev–Trinajstić information content (AvgIpc) is 3.38. The number of carboxylic acids is 1. The Balaban J connectivity index is 1.61. The summed E-state index contributed by atoms with van der Waals surface area (Å²) >= 11 is 1.16. The summed E-state index contributed by atoms with van der Waals surface area (Å²) < 4.78 is 5.79. The standard InChI is InChI=1S/C23H17N3O6S/c1-2-25-21(27)20(33-23(25)24-16-7-3-6-15(11-16)22(28)29)13-18-9-10-19(32-18)14-5-4-8-17(12-14)26(30)31/h3-13H,2H2,1H3,(H,28,29)/b20-13+,24-23?. The number of thioether (sulfide) groups is 1. The first-order valence-corrected chi connectivity index (χ1v) is 10.7. The van der Waals surface area contributed by atoms with Crippen LogP contribution in [0.15, 0.2) is 75.0 Å². The molecule has 1 N–H and O–H groups in total. The summed E-state index contributed by atoms with van der Waals surface area (Å²) in [6.07, 6.45) is 1.59. The van der Waals surface area contributed by atoms with E-state index in [2.05, 4.69) is 4.99 Å². The molecule has 1 saturated heterocycles. The number of likely N-dealkylation sites (N-methyl/N-ethyl adjacent to an activating group) is 1. The van der Waals surface area contributed by atoms with Crippen molar-refractivity contribution in [2.75, 3.05) is 6.54 Å². The zero-order chi connectivity index (χ0) is 23.5. The molecular formula is C23H17N3O6S. The van der Waals surface area contributed by atoms with Gasteiger partial charge in [-0.05, 0) is 49.0 Å². The number of furan rings is 1. The predicted molar refractivity (Wildman–Crippen MR) is 124 cm³/mol. The summed E-state index contributed by atoms with van der Waals surface area (Å²) in [6.45, 7) is 2.20. The van der Waals surface area contributed by atoms with Gasteiger partial charge in [-0.1, -0.05) is 18.2 Å². The predicted octanol–water partition coefficient (Wildman–Crippen LogP) is 5.18. The fourth-order valence-electron chi connectivity index (χ4n) is 3.18. The molecule has 0 radical (unpaired) electrons. The fourth-order valence-corrected chi connectivity index (χ4v) is 4.22. The largest absolute Gasteiger partial charge is 0.478 e. The monoisotopic (exact) mass is 463 g/mol. The number of non-ortho nitro benzene ring substituents is 1. The van der Waals surface area contributed by atoms with Gasteiger partial charge in [-0.3, -0.25) is 19.8 Å². The van der Waals surface area contributed by atoms with Gasteiger partial charge in [0.1, 0.15) is 11.5 Å². The van der Waals surface area contributed by atoms with Crippen molar-refractivity contribution in [2.24, 2.45) is 4.99 Å². The number of hydrogen-bond acceptors (Lipinski definition) is 7. The van der Waals surface area contributed by atoms with Crippen LogP contribution in [-0.4, -0.2) is 38.5 Å². The summed E-state index contributed by atoms with van der Waals surface area (Å²) in [5.74, 6) is -0.452. The molecule has 0 spiro atoms. The topological polar surface area (TPSA) is 126 Å². The number of carbonyl (C=O) groups is 2. The highest BCUT2D eigenvalue weighted by Gasteiger charge is 2.32. The van der Waals surface area contributed by atoms with E-state index in [0.29, 0.717) is 39.4 Å². The van der Waals surface area contributed by atoms with E-state index in [1.54, 1.807) is 42.5 Å². The Bertz CT molecular complexity index is 1330. The third-order valence-electron chi connectivity index (χ3n) is 4.76. The van der Waals surface area contributed by atoms with Gasteiger partial charge in [0.05, 0.1) is 21.1 Å². The van der Waals surface area contributed by atoms with Crippen molar-refractivity contribution >= 4 is 46.3 Å². The number of nitro benzene ring substituents is 1. The molecule has 0 aliphatic carbocycles. The van der Waals surface area contributed by atoms with E-state index >= 15 is 0 Å². The van der Waals surface area contributed by atoms with E-state index in [0.717, 1.165) is 11.8 Å². The Morgan fingerprint density at radius 1 is 1.21 bits per heavy atom. The molecule has 1 fully saturated rings. The highest BCUT2D eigenvalue weighted by atomic mass is 32.2. The zero-order valence-corrected chi connectivity index (χ0v) is 18.1. The van der Waals surface area contributed by atoms with Gasteiger partial charge in [-0.2, -0.15) is 0 Å². The minimum atomic E-state index is -1.06. The lowest BCUT2D eigenvalue weighted by Gasteiger charge is -2.12. The lowest BCUT2D eigenvalue weighted by molar-refractivity contribution is -0.384. The molecule has 33 heavy (non-hydrogen) atoms. The van der Waals surface area contributed by atoms with E-state index < -0.39 is 10.9 Å². The van der Waals surface area contributed by atoms with Gasteiger partial charge in [-0.15, -0.1) is 0 Å². The number of carboxylic acid groups (broad SMARTS) is 1. The molecule has 9 nitrogen and oxygen atoms in total. The van der Waals surface area contributed by atoms with Gasteiger partial charge < -0.3 is 9.52 Å². The van der Waals surface area contributed by atoms with Gasteiger partial charge >= 0.3 is 5.97 Å².